The molecule has 0 atom stereocenters. The van der Waals surface area contributed by atoms with Gasteiger partial charge in [-0.2, -0.15) is 0 Å². The van der Waals surface area contributed by atoms with Gasteiger partial charge >= 0.3 is 6.03 Å². The summed E-state index contributed by atoms with van der Waals surface area (Å²) in [5.41, 5.74) is 1.65. The van der Waals surface area contributed by atoms with Crippen molar-refractivity contribution in [2.45, 2.75) is 26.3 Å². The van der Waals surface area contributed by atoms with Gasteiger partial charge in [-0.05, 0) is 61.0 Å². The molecule has 3 amide bonds. The third kappa shape index (κ3) is 4.78. The predicted octanol–water partition coefficient (Wildman–Crippen LogP) is 4.70. The van der Waals surface area contributed by atoms with Crippen LogP contribution in [0.3, 0.4) is 0 Å². The van der Waals surface area contributed by atoms with E-state index in [0.29, 0.717) is 10.0 Å². The van der Waals surface area contributed by atoms with Gasteiger partial charge in [0.2, 0.25) is 0 Å². The van der Waals surface area contributed by atoms with Gasteiger partial charge in [0, 0.05) is 10.5 Å². The molecule has 26 heavy (non-hydrogen) atoms. The van der Waals surface area contributed by atoms with Gasteiger partial charge in [0.1, 0.15) is 11.6 Å². The van der Waals surface area contributed by atoms with Crippen LogP contribution >= 0.6 is 15.9 Å². The Hall–Kier alpha value is -2.48. The van der Waals surface area contributed by atoms with E-state index >= 15 is 0 Å². The quantitative estimate of drug-likeness (QED) is 0.684. The first-order valence-electron chi connectivity index (χ1n) is 7.71. The molecule has 0 bridgehead atoms. The van der Waals surface area contributed by atoms with Crippen molar-refractivity contribution in [3.05, 3.63) is 64.1 Å². The summed E-state index contributed by atoms with van der Waals surface area (Å²) in [6.07, 6.45) is 0. The number of halogens is 3. The van der Waals surface area contributed by atoms with E-state index < -0.39 is 29.1 Å². The van der Waals surface area contributed by atoms with Gasteiger partial charge in [-0.3, -0.25) is 4.79 Å². The third-order valence-electron chi connectivity index (χ3n) is 3.37. The van der Waals surface area contributed by atoms with Crippen molar-refractivity contribution in [2.75, 3.05) is 5.32 Å². The van der Waals surface area contributed by atoms with E-state index in [1.165, 1.54) is 0 Å². The molecule has 2 rings (SSSR count). The zero-order valence-corrected chi connectivity index (χ0v) is 16.0. The van der Waals surface area contributed by atoms with Crippen molar-refractivity contribution in [1.29, 1.82) is 0 Å². The normalized spacial score (nSPS) is 11.0. The van der Waals surface area contributed by atoms with Gasteiger partial charge in [-0.15, -0.1) is 0 Å². The Morgan fingerprint density at radius 3 is 2.35 bits per heavy atom. The molecular weight excluding hydrogens is 408 g/mol. The molecule has 0 aliphatic carbocycles. The van der Waals surface area contributed by atoms with Gasteiger partial charge in [0.25, 0.3) is 5.91 Å². The lowest BCUT2D eigenvalue weighted by molar-refractivity contribution is 0.0459. The number of carbonyl (C=O) groups is 2. The second-order valence-electron chi connectivity index (χ2n) is 6.48. The molecule has 0 saturated carbocycles. The standard InChI is InChI=1S/C18H18BrF2N3O2/c1-18(2,3)24(16(25)12-6-4-5-7-13(12)19)23-17(26)22-15-10-11(20)8-9-14(15)21/h4-10H,1-3H3,(H2,22,23,26). The predicted molar refractivity (Wildman–Crippen MR) is 98.6 cm³/mol. The summed E-state index contributed by atoms with van der Waals surface area (Å²) in [6, 6.07) is 8.59. The highest BCUT2D eigenvalue weighted by molar-refractivity contribution is 9.10. The highest BCUT2D eigenvalue weighted by Gasteiger charge is 2.30. The molecule has 2 aromatic carbocycles. The fourth-order valence-corrected chi connectivity index (χ4v) is 2.58. The maximum absolute atomic E-state index is 13.7. The SMILES string of the molecule is CC(C)(C)N(NC(=O)Nc1cc(F)ccc1F)C(=O)c1ccccc1Br. The van der Waals surface area contributed by atoms with Crippen molar-refractivity contribution in [3.63, 3.8) is 0 Å². The minimum absolute atomic E-state index is 0.329. The average molecular weight is 426 g/mol. The van der Waals surface area contributed by atoms with E-state index in [1.54, 1.807) is 45.0 Å². The van der Waals surface area contributed by atoms with Gasteiger partial charge in [0.15, 0.2) is 0 Å². The lowest BCUT2D eigenvalue weighted by atomic mass is 10.1. The van der Waals surface area contributed by atoms with Gasteiger partial charge in [0.05, 0.1) is 16.8 Å². The second kappa shape index (κ2) is 7.82. The Balaban J connectivity index is 2.23. The molecule has 0 radical (unpaired) electrons. The second-order valence-corrected chi connectivity index (χ2v) is 7.34. The molecule has 0 aliphatic rings. The van der Waals surface area contributed by atoms with Crippen LogP contribution in [-0.4, -0.2) is 22.5 Å². The van der Waals surface area contributed by atoms with Crippen molar-refractivity contribution >= 4 is 33.6 Å². The fraction of sp³-hybridized carbons (Fsp3) is 0.222. The van der Waals surface area contributed by atoms with Crippen molar-refractivity contribution in [3.8, 4) is 0 Å². The Morgan fingerprint density at radius 2 is 1.73 bits per heavy atom. The molecule has 8 heteroatoms. The van der Waals surface area contributed by atoms with Crippen molar-refractivity contribution in [1.82, 2.24) is 10.4 Å². The Bertz CT molecular complexity index is 837. The van der Waals surface area contributed by atoms with Crippen LogP contribution in [0.4, 0.5) is 19.3 Å². The molecular formula is C18H18BrF2N3O2. The number of nitrogens with one attached hydrogen (secondary N) is 2. The lowest BCUT2D eigenvalue weighted by Crippen LogP contribution is -2.57. The molecule has 2 aromatic rings. The van der Waals surface area contributed by atoms with E-state index in [4.69, 9.17) is 0 Å². The molecule has 0 saturated heterocycles. The number of carbonyl (C=O) groups excluding carboxylic acids is 2. The summed E-state index contributed by atoms with van der Waals surface area (Å²) in [5.74, 6) is -1.94. The Kier molecular flexibility index (Phi) is 5.97. The topological polar surface area (TPSA) is 61.4 Å². The molecule has 0 heterocycles. The number of hydrazine groups is 1. The first-order valence-corrected chi connectivity index (χ1v) is 8.50. The summed E-state index contributed by atoms with van der Waals surface area (Å²) >= 11 is 3.30. The van der Waals surface area contributed by atoms with Crippen LogP contribution in [0.25, 0.3) is 0 Å². The van der Waals surface area contributed by atoms with Crippen LogP contribution in [0.15, 0.2) is 46.9 Å². The molecule has 0 fully saturated rings. The number of rotatable bonds is 2. The first-order chi connectivity index (χ1) is 12.1. The maximum atomic E-state index is 13.7. The van der Waals surface area contributed by atoms with Gasteiger partial charge in [-0.25, -0.2) is 24.0 Å². The zero-order valence-electron chi connectivity index (χ0n) is 14.4. The Labute approximate surface area is 158 Å². The molecule has 0 unspecified atom stereocenters. The minimum atomic E-state index is -0.871. The maximum Gasteiger partial charge on any atom is 0.338 e. The largest absolute Gasteiger partial charge is 0.338 e. The number of amides is 3. The zero-order chi connectivity index (χ0) is 19.5. The van der Waals surface area contributed by atoms with Crippen LogP contribution in [-0.2, 0) is 0 Å². The number of anilines is 1. The van der Waals surface area contributed by atoms with Crippen LogP contribution in [0.1, 0.15) is 31.1 Å². The van der Waals surface area contributed by atoms with E-state index in [0.717, 1.165) is 23.2 Å². The smallest absolute Gasteiger partial charge is 0.304 e. The first kappa shape index (κ1) is 19.8. The average Bonchev–Trinajstić information content (AvgIpc) is 2.55. The minimum Gasteiger partial charge on any atom is -0.304 e. The van der Waals surface area contributed by atoms with Crippen LogP contribution in [0.2, 0.25) is 0 Å². The molecule has 5 nitrogen and oxygen atoms in total. The fourth-order valence-electron chi connectivity index (χ4n) is 2.12. The van der Waals surface area contributed by atoms with E-state index in [1.807, 2.05) is 0 Å². The summed E-state index contributed by atoms with van der Waals surface area (Å²) in [4.78, 5) is 25.1. The number of nitrogens with zero attached hydrogens (tertiary/aromatic N) is 1. The molecule has 2 N–H and O–H groups in total. The van der Waals surface area contributed by atoms with Crippen LogP contribution < -0.4 is 10.7 Å². The number of hydrogen-bond donors (Lipinski definition) is 2. The summed E-state index contributed by atoms with van der Waals surface area (Å²) in [6.45, 7) is 5.18. The number of hydrogen-bond acceptors (Lipinski definition) is 2. The highest BCUT2D eigenvalue weighted by atomic mass is 79.9. The van der Waals surface area contributed by atoms with Crippen molar-refractivity contribution < 1.29 is 18.4 Å². The Morgan fingerprint density at radius 1 is 1.08 bits per heavy atom. The lowest BCUT2D eigenvalue weighted by Gasteiger charge is -2.35. The van der Waals surface area contributed by atoms with E-state index in [9.17, 15) is 18.4 Å². The van der Waals surface area contributed by atoms with Gasteiger partial charge < -0.3 is 5.32 Å². The highest BCUT2D eigenvalue weighted by Crippen LogP contribution is 2.22. The third-order valence-corrected chi connectivity index (χ3v) is 4.06. The number of urea groups is 1. The number of benzene rings is 2. The van der Waals surface area contributed by atoms with Gasteiger partial charge in [-0.1, -0.05) is 12.1 Å². The van der Waals surface area contributed by atoms with Crippen LogP contribution in [0, 0.1) is 11.6 Å². The van der Waals surface area contributed by atoms with Crippen molar-refractivity contribution in [2.24, 2.45) is 0 Å². The summed E-state index contributed by atoms with van der Waals surface area (Å²) < 4.78 is 27.5. The van der Waals surface area contributed by atoms with E-state index in [-0.39, 0.29) is 5.69 Å². The van der Waals surface area contributed by atoms with Crippen LogP contribution in [0.5, 0.6) is 0 Å². The van der Waals surface area contributed by atoms with E-state index in [2.05, 4.69) is 26.7 Å². The summed E-state index contributed by atoms with van der Waals surface area (Å²) in [5, 5.41) is 3.33. The monoisotopic (exact) mass is 425 g/mol. The molecule has 0 aromatic heterocycles. The summed E-state index contributed by atoms with van der Waals surface area (Å²) in [7, 11) is 0. The molecule has 0 spiro atoms. The molecule has 0 aliphatic heterocycles. The molecule has 138 valence electrons.